The molecule has 3 heteroatoms. The molecule has 0 amide bonds. The van der Waals surface area contributed by atoms with Crippen LogP contribution in [-0.2, 0) is 10.8 Å². The van der Waals surface area contributed by atoms with Crippen LogP contribution in [0.3, 0.4) is 0 Å². The number of nitrogens with zero attached hydrogens (tertiary/aromatic N) is 1. The predicted molar refractivity (Wildman–Crippen MR) is 287 cm³/mol. The van der Waals surface area contributed by atoms with Gasteiger partial charge in [0.25, 0.3) is 0 Å². The fraction of sp³-hybridized carbons (Fsp3) is 0.0294. The lowest BCUT2D eigenvalue weighted by molar-refractivity contribution is 0.436. The van der Waals surface area contributed by atoms with Crippen LogP contribution >= 0.6 is 0 Å². The highest BCUT2D eigenvalue weighted by Gasteiger charge is 2.53. The Bertz CT molecular complexity index is 3870. The Morgan fingerprint density at radius 2 is 0.662 bits per heavy atom. The molecule has 0 unspecified atom stereocenters. The second kappa shape index (κ2) is 15.2. The third-order valence-electron chi connectivity index (χ3n) is 15.6. The SMILES string of the molecule is c1ccc(-c2ccc(-c3ccccc3N(c3ccc4c(c3)Oc3ccccc3C43c4ccccc4-c4ccccc43)c3cccc4c3-c3ccccc3C43c4ccccc4Oc4ccccc43)cc2)cc1. The summed E-state index contributed by atoms with van der Waals surface area (Å²) in [5.74, 6) is 3.44. The zero-order chi connectivity index (χ0) is 46.7. The van der Waals surface area contributed by atoms with Gasteiger partial charge in [-0.15, -0.1) is 0 Å². The van der Waals surface area contributed by atoms with E-state index >= 15 is 0 Å². The van der Waals surface area contributed by atoms with E-state index in [1.54, 1.807) is 0 Å². The van der Waals surface area contributed by atoms with E-state index in [1.807, 2.05) is 0 Å². The minimum atomic E-state index is -0.635. The van der Waals surface area contributed by atoms with Gasteiger partial charge >= 0.3 is 0 Å². The molecule has 11 aromatic carbocycles. The van der Waals surface area contributed by atoms with Crippen LogP contribution in [0.4, 0.5) is 17.1 Å². The summed E-state index contributed by atoms with van der Waals surface area (Å²) in [4.78, 5) is 2.49. The van der Waals surface area contributed by atoms with Gasteiger partial charge in [0.2, 0.25) is 0 Å². The Kier molecular flexibility index (Phi) is 8.49. The third-order valence-corrected chi connectivity index (χ3v) is 15.6. The third kappa shape index (κ3) is 5.43. The van der Waals surface area contributed by atoms with Crippen molar-refractivity contribution >= 4 is 17.1 Å². The summed E-state index contributed by atoms with van der Waals surface area (Å²) in [6.07, 6.45) is 0. The fourth-order valence-corrected chi connectivity index (χ4v) is 12.9. The van der Waals surface area contributed by atoms with Gasteiger partial charge in [0.1, 0.15) is 23.0 Å². The quantitative estimate of drug-likeness (QED) is 0.172. The van der Waals surface area contributed by atoms with Gasteiger partial charge in [-0.2, -0.15) is 0 Å². The zero-order valence-corrected chi connectivity index (χ0v) is 38.6. The average Bonchev–Trinajstić information content (AvgIpc) is 3.90. The van der Waals surface area contributed by atoms with Crippen molar-refractivity contribution in [3.05, 3.63) is 305 Å². The van der Waals surface area contributed by atoms with Crippen molar-refractivity contribution < 1.29 is 9.47 Å². The number of para-hydroxylation sites is 4. The molecule has 11 aromatic rings. The molecule has 332 valence electrons. The maximum absolute atomic E-state index is 7.20. The fourth-order valence-electron chi connectivity index (χ4n) is 12.9. The molecule has 0 aromatic heterocycles. The van der Waals surface area contributed by atoms with E-state index in [2.05, 4.69) is 266 Å². The molecule has 2 heterocycles. The van der Waals surface area contributed by atoms with Crippen LogP contribution in [0.25, 0.3) is 44.5 Å². The molecular formula is C68H43NO2. The van der Waals surface area contributed by atoms with E-state index in [-0.39, 0.29) is 0 Å². The van der Waals surface area contributed by atoms with E-state index in [4.69, 9.17) is 9.47 Å². The van der Waals surface area contributed by atoms with E-state index in [0.29, 0.717) is 0 Å². The van der Waals surface area contributed by atoms with Crippen molar-refractivity contribution in [2.24, 2.45) is 0 Å². The summed E-state index contributed by atoms with van der Waals surface area (Å²) in [5, 5.41) is 0. The highest BCUT2D eigenvalue weighted by molar-refractivity contribution is 6.01. The molecule has 0 bridgehead atoms. The number of anilines is 3. The van der Waals surface area contributed by atoms with Gasteiger partial charge in [0.15, 0.2) is 0 Å². The molecule has 15 rings (SSSR count). The molecule has 4 aliphatic rings. The largest absolute Gasteiger partial charge is 0.457 e. The summed E-state index contributed by atoms with van der Waals surface area (Å²) in [7, 11) is 0. The second-order valence-corrected chi connectivity index (χ2v) is 19.0. The standard InChI is InChI=1S/C68H43NO2/c1-2-19-44(20-3-1)45-37-39-46(40-38-45)48-21-7-14-32-60(48)69(47-41-42-58-65(43-47)71-64-36-17-11-28-55(64)67(58)52-25-8-4-22-49(52)50-23-5-9-26-53(50)67)61-33-18-31-59-66(61)51-24-6-10-27-54(51)68(59)56-29-12-15-34-62(56)70-63-35-16-13-30-57(63)68/h1-43H. The maximum Gasteiger partial charge on any atom is 0.134 e. The van der Waals surface area contributed by atoms with Gasteiger partial charge in [-0.1, -0.05) is 218 Å². The Balaban J connectivity index is 1.01. The first kappa shape index (κ1) is 39.8. The van der Waals surface area contributed by atoms with Gasteiger partial charge in [-0.3, -0.25) is 0 Å². The summed E-state index contributed by atoms with van der Waals surface area (Å²) >= 11 is 0. The van der Waals surface area contributed by atoms with Crippen LogP contribution in [0.2, 0.25) is 0 Å². The van der Waals surface area contributed by atoms with Gasteiger partial charge in [0, 0.05) is 45.1 Å². The van der Waals surface area contributed by atoms with Crippen molar-refractivity contribution in [3.8, 4) is 67.5 Å². The van der Waals surface area contributed by atoms with Crippen LogP contribution in [-0.4, -0.2) is 0 Å². The predicted octanol–water partition coefficient (Wildman–Crippen LogP) is 17.4. The number of rotatable bonds is 5. The highest BCUT2D eigenvalue weighted by Crippen LogP contribution is 2.66. The van der Waals surface area contributed by atoms with E-state index in [0.717, 1.165) is 73.4 Å². The molecule has 0 saturated heterocycles. The minimum Gasteiger partial charge on any atom is -0.457 e. The molecule has 2 spiro atoms. The lowest BCUT2D eigenvalue weighted by atomic mass is 9.66. The van der Waals surface area contributed by atoms with Crippen molar-refractivity contribution in [2.45, 2.75) is 10.8 Å². The number of ether oxygens (including phenoxy) is 2. The van der Waals surface area contributed by atoms with Crippen molar-refractivity contribution in [2.75, 3.05) is 4.90 Å². The van der Waals surface area contributed by atoms with E-state index in [1.165, 1.54) is 55.6 Å². The second-order valence-electron chi connectivity index (χ2n) is 19.0. The molecule has 3 nitrogen and oxygen atoms in total. The first-order chi connectivity index (χ1) is 35.2. The summed E-state index contributed by atoms with van der Waals surface area (Å²) in [6, 6.07) is 95.0. The van der Waals surface area contributed by atoms with E-state index < -0.39 is 10.8 Å². The average molecular weight is 906 g/mol. The van der Waals surface area contributed by atoms with Crippen molar-refractivity contribution in [1.29, 1.82) is 0 Å². The van der Waals surface area contributed by atoms with Crippen LogP contribution < -0.4 is 14.4 Å². The Morgan fingerprint density at radius 1 is 0.254 bits per heavy atom. The van der Waals surface area contributed by atoms with Crippen LogP contribution in [0.5, 0.6) is 23.0 Å². The van der Waals surface area contributed by atoms with Crippen LogP contribution in [0.15, 0.2) is 261 Å². The lowest BCUT2D eigenvalue weighted by Gasteiger charge is -2.40. The number of hydrogen-bond acceptors (Lipinski definition) is 3. The van der Waals surface area contributed by atoms with Crippen LogP contribution in [0, 0.1) is 0 Å². The first-order valence-electron chi connectivity index (χ1n) is 24.5. The van der Waals surface area contributed by atoms with Gasteiger partial charge in [-0.05, 0) is 92.0 Å². The van der Waals surface area contributed by atoms with Crippen molar-refractivity contribution in [3.63, 3.8) is 0 Å². The smallest absolute Gasteiger partial charge is 0.134 e. The molecule has 71 heavy (non-hydrogen) atoms. The Hall–Kier alpha value is -9.18. The molecule has 0 saturated carbocycles. The zero-order valence-electron chi connectivity index (χ0n) is 38.6. The van der Waals surface area contributed by atoms with Gasteiger partial charge in [0.05, 0.1) is 22.2 Å². The number of fused-ring (bicyclic) bond motifs is 18. The molecule has 0 radical (unpaired) electrons. The molecule has 2 aliphatic carbocycles. The maximum atomic E-state index is 7.20. The summed E-state index contributed by atoms with van der Waals surface area (Å²) in [5.41, 5.74) is 21.0. The molecule has 0 atom stereocenters. The lowest BCUT2D eigenvalue weighted by Crippen LogP contribution is -2.32. The van der Waals surface area contributed by atoms with Gasteiger partial charge < -0.3 is 14.4 Å². The van der Waals surface area contributed by atoms with E-state index in [9.17, 15) is 0 Å². The molecule has 0 fully saturated rings. The Morgan fingerprint density at radius 3 is 1.28 bits per heavy atom. The minimum absolute atomic E-state index is 0.581. The van der Waals surface area contributed by atoms with Crippen LogP contribution in [0.1, 0.15) is 44.5 Å². The molecular weight excluding hydrogens is 863 g/mol. The normalized spacial score (nSPS) is 14.1. The monoisotopic (exact) mass is 905 g/mol. The van der Waals surface area contributed by atoms with Gasteiger partial charge in [-0.25, -0.2) is 0 Å². The number of benzene rings is 11. The Labute approximate surface area is 413 Å². The number of hydrogen-bond donors (Lipinski definition) is 0. The van der Waals surface area contributed by atoms with Crippen molar-refractivity contribution in [1.82, 2.24) is 0 Å². The summed E-state index contributed by atoms with van der Waals surface area (Å²) < 4.78 is 14.0. The molecule has 0 N–H and O–H groups in total. The molecule has 2 aliphatic heterocycles. The highest BCUT2D eigenvalue weighted by atomic mass is 16.5. The first-order valence-corrected chi connectivity index (χ1v) is 24.5. The topological polar surface area (TPSA) is 21.7 Å². The summed E-state index contributed by atoms with van der Waals surface area (Å²) in [6.45, 7) is 0.